The average Bonchev–Trinajstić information content (AvgIpc) is 2.54. The van der Waals surface area contributed by atoms with Gasteiger partial charge in [-0.05, 0) is 53.3 Å². The van der Waals surface area contributed by atoms with Crippen molar-refractivity contribution in [3.63, 3.8) is 0 Å². The van der Waals surface area contributed by atoms with Gasteiger partial charge in [0.25, 0.3) is 0 Å². The summed E-state index contributed by atoms with van der Waals surface area (Å²) in [5.74, 6) is 2.54. The van der Waals surface area contributed by atoms with Gasteiger partial charge < -0.3 is 0 Å². The molecule has 0 bridgehead atoms. The van der Waals surface area contributed by atoms with Crippen LogP contribution in [0.5, 0.6) is 0 Å². The Labute approximate surface area is 190 Å². The molecule has 1 atom stereocenters. The molecular weight excluding hydrogens is 371 g/mol. The Hall–Kier alpha value is 0.100. The van der Waals surface area contributed by atoms with Crippen LogP contribution in [0.4, 0.5) is 0 Å². The van der Waals surface area contributed by atoms with Crippen molar-refractivity contribution in [2.45, 2.75) is 142 Å². The van der Waals surface area contributed by atoms with Crippen LogP contribution in [0.25, 0.3) is 0 Å². The molecule has 0 radical (unpaired) electrons. The second-order valence-corrected chi connectivity index (χ2v) is 12.3. The second-order valence-electron chi connectivity index (χ2n) is 12.3. The number of hydrogen-bond donors (Lipinski definition) is 0. The Kier molecular flexibility index (Phi) is 23.7. The summed E-state index contributed by atoms with van der Waals surface area (Å²) < 4.78 is 8.17. The van der Waals surface area contributed by atoms with E-state index in [4.69, 9.17) is 4.57 Å². The molecule has 0 aliphatic rings. The molecule has 0 heterocycles. The zero-order valence-corrected chi connectivity index (χ0v) is 24.6. The molecule has 0 N–H and O–H groups in total. The fourth-order valence-electron chi connectivity index (χ4n) is 3.75. The monoisotopic (exact) mass is 433 g/mol. The average molecular weight is 434 g/mol. The fourth-order valence-corrected chi connectivity index (χ4v) is 3.75. The molecule has 2 heteroatoms. The lowest BCUT2D eigenvalue weighted by molar-refractivity contribution is 0.277. The van der Waals surface area contributed by atoms with Gasteiger partial charge in [0.05, 0.1) is 0 Å². The second kappa shape index (κ2) is 18.8. The van der Waals surface area contributed by atoms with Crippen molar-refractivity contribution >= 4 is 9.12 Å². The van der Waals surface area contributed by atoms with Gasteiger partial charge in [0.2, 0.25) is 0 Å². The van der Waals surface area contributed by atoms with Gasteiger partial charge in [-0.2, -0.15) is 0 Å². The van der Waals surface area contributed by atoms with Gasteiger partial charge in [-0.1, -0.05) is 128 Å². The van der Waals surface area contributed by atoms with Crippen molar-refractivity contribution in [2.75, 3.05) is 0 Å². The van der Waals surface area contributed by atoms with Crippen LogP contribution in [0, 0.1) is 34.0 Å². The highest BCUT2D eigenvalue weighted by atomic mass is 31.0. The van der Waals surface area contributed by atoms with Crippen LogP contribution in [-0.4, -0.2) is 0 Å². The zero-order valence-electron chi connectivity index (χ0n) is 23.5. The first-order valence-corrected chi connectivity index (χ1v) is 12.6. The minimum Gasteiger partial charge on any atom is -0.0801 e. The Morgan fingerprint density at radius 1 is 0.483 bits per heavy atom. The van der Waals surface area contributed by atoms with Crippen molar-refractivity contribution in [2.24, 2.45) is 34.0 Å². The summed E-state index contributed by atoms with van der Waals surface area (Å²) in [6.45, 7) is 34.6. The van der Waals surface area contributed by atoms with Gasteiger partial charge in [-0.25, -0.2) is 0 Å². The Balaban J connectivity index is -0.000000155. The molecule has 1 nitrogen and oxygen atoms in total. The first-order chi connectivity index (χ1) is 12.9. The quantitative estimate of drug-likeness (QED) is 0.330. The minimum atomic E-state index is 0.564. The molecule has 0 saturated heterocycles. The Bertz CT molecular complexity index is 288. The van der Waals surface area contributed by atoms with Crippen molar-refractivity contribution < 1.29 is 4.57 Å². The lowest BCUT2D eigenvalue weighted by Gasteiger charge is -2.24. The summed E-state index contributed by atoms with van der Waals surface area (Å²) >= 11 is 0. The highest BCUT2D eigenvalue weighted by Gasteiger charge is 2.17. The van der Waals surface area contributed by atoms with Crippen molar-refractivity contribution in [3.05, 3.63) is 0 Å². The predicted molar refractivity (Wildman–Crippen MR) is 141 cm³/mol. The molecule has 0 aromatic heterocycles. The van der Waals surface area contributed by atoms with Crippen LogP contribution in [0.2, 0.25) is 0 Å². The Morgan fingerprint density at radius 3 is 0.655 bits per heavy atom. The maximum Gasteiger partial charge on any atom is 0.310 e. The van der Waals surface area contributed by atoms with Crippen LogP contribution in [0.1, 0.15) is 142 Å². The van der Waals surface area contributed by atoms with Gasteiger partial charge in [-0.3, -0.25) is 0 Å². The standard InChI is InChI=1S/3C9H20.H2OP/c3*1-6-9(4,5)7-8(2)3;1-2/h3*8H,6-7H2,1-5H3;2H2/q;;;+1. The number of hydrogen-bond acceptors (Lipinski definition) is 1. The highest BCUT2D eigenvalue weighted by molar-refractivity contribution is 7.00. The predicted octanol–water partition coefficient (Wildman–Crippen LogP) is 10.6. The highest BCUT2D eigenvalue weighted by Crippen LogP contribution is 2.29. The van der Waals surface area contributed by atoms with E-state index in [1.807, 2.05) is 0 Å². The topological polar surface area (TPSA) is 17.1 Å². The zero-order chi connectivity index (χ0) is 24.5. The van der Waals surface area contributed by atoms with Gasteiger partial charge in [0, 0.05) is 0 Å². The number of rotatable bonds is 9. The summed E-state index contributed by atoms with van der Waals surface area (Å²) in [4.78, 5) is 0. The largest absolute Gasteiger partial charge is 0.310 e. The van der Waals surface area contributed by atoms with Crippen LogP contribution in [0.3, 0.4) is 0 Å². The van der Waals surface area contributed by atoms with E-state index in [0.29, 0.717) is 16.2 Å². The lowest BCUT2D eigenvalue weighted by Crippen LogP contribution is -2.12. The van der Waals surface area contributed by atoms with Crippen molar-refractivity contribution in [1.29, 1.82) is 0 Å². The summed E-state index contributed by atoms with van der Waals surface area (Å²) in [5, 5.41) is 0. The molecule has 0 rings (SSSR count). The van der Waals surface area contributed by atoms with E-state index in [9.17, 15) is 0 Å². The summed E-state index contributed by atoms with van der Waals surface area (Å²) in [6.07, 6.45) is 7.94. The molecule has 0 aromatic rings. The summed E-state index contributed by atoms with van der Waals surface area (Å²) in [6, 6.07) is 0. The molecule has 0 amide bonds. The third-order valence-corrected chi connectivity index (χ3v) is 5.75. The van der Waals surface area contributed by atoms with Crippen LogP contribution < -0.4 is 0 Å². The summed E-state index contributed by atoms with van der Waals surface area (Å²) in [7, 11) is 1.17. The normalized spacial score (nSPS) is 11.9. The molecule has 0 fully saturated rings. The molecule has 0 aliphatic heterocycles. The van der Waals surface area contributed by atoms with Crippen molar-refractivity contribution in [1.82, 2.24) is 0 Å². The molecule has 0 aliphatic carbocycles. The molecule has 0 saturated carbocycles. The van der Waals surface area contributed by atoms with Crippen LogP contribution in [-0.2, 0) is 4.57 Å². The van der Waals surface area contributed by atoms with E-state index in [1.54, 1.807) is 0 Å². The third-order valence-electron chi connectivity index (χ3n) is 5.75. The van der Waals surface area contributed by atoms with Crippen LogP contribution >= 0.6 is 9.12 Å². The van der Waals surface area contributed by atoms with Gasteiger partial charge in [0.15, 0.2) is 0 Å². The molecule has 180 valence electrons. The van der Waals surface area contributed by atoms with E-state index in [0.717, 1.165) is 17.8 Å². The lowest BCUT2D eigenvalue weighted by atomic mass is 9.82. The fraction of sp³-hybridized carbons (Fsp3) is 1.00. The summed E-state index contributed by atoms with van der Waals surface area (Å²) in [5.41, 5.74) is 1.69. The molecule has 0 spiro atoms. The molecule has 1 unspecified atom stereocenters. The maximum atomic E-state index is 8.17. The molecule has 29 heavy (non-hydrogen) atoms. The smallest absolute Gasteiger partial charge is 0.0801 e. The van der Waals surface area contributed by atoms with E-state index in [2.05, 4.69) is 104 Å². The first-order valence-electron chi connectivity index (χ1n) is 12.2. The van der Waals surface area contributed by atoms with E-state index >= 15 is 0 Å². The molecular formula is C27H62OP+. The van der Waals surface area contributed by atoms with E-state index < -0.39 is 0 Å². The minimum absolute atomic E-state index is 0.564. The van der Waals surface area contributed by atoms with Crippen molar-refractivity contribution in [3.8, 4) is 0 Å². The van der Waals surface area contributed by atoms with Gasteiger partial charge in [-0.15, -0.1) is 0 Å². The van der Waals surface area contributed by atoms with Gasteiger partial charge in [0.1, 0.15) is 0 Å². The maximum absolute atomic E-state index is 8.17. The Morgan fingerprint density at radius 2 is 0.621 bits per heavy atom. The first kappa shape index (κ1) is 36.5. The molecule has 0 aromatic carbocycles. The van der Waals surface area contributed by atoms with E-state index in [1.165, 1.54) is 47.6 Å². The van der Waals surface area contributed by atoms with Crippen LogP contribution in [0.15, 0.2) is 0 Å². The third kappa shape index (κ3) is 33.0. The SMILES string of the molecule is CCC(C)(C)CC(C)C.CCC(C)(C)CC(C)C.CCC(C)(C)CC(C)C.O=[PH2+]. The van der Waals surface area contributed by atoms with Gasteiger partial charge >= 0.3 is 9.12 Å². The van der Waals surface area contributed by atoms with E-state index in [-0.39, 0.29) is 0 Å².